The minimum absolute atomic E-state index is 0.0329. The first-order valence-corrected chi connectivity index (χ1v) is 48.3. The summed E-state index contributed by atoms with van der Waals surface area (Å²) in [6.45, 7) is 7.28. The van der Waals surface area contributed by atoms with Gasteiger partial charge in [-0.15, -0.1) is 0 Å². The van der Waals surface area contributed by atoms with Gasteiger partial charge in [0.15, 0.2) is 12.6 Å². The number of hydrogen-bond acceptors (Lipinski definition) is 24. The molecule has 18 atom stereocenters. The molecule has 0 bridgehead atoms. The van der Waals surface area contributed by atoms with Crippen LogP contribution in [0.4, 0.5) is 0 Å². The van der Waals surface area contributed by atoms with E-state index in [4.69, 9.17) is 104 Å². The third kappa shape index (κ3) is 30.3. The number of benzene rings is 12. The molecule has 0 spiro atoms. The highest BCUT2D eigenvalue weighted by Gasteiger charge is 2.64. The molecule has 0 aromatic heterocycles. The van der Waals surface area contributed by atoms with Crippen molar-refractivity contribution < 1.29 is 114 Å². The molecule has 12 aromatic carbocycles. The summed E-state index contributed by atoms with van der Waals surface area (Å²) in [4.78, 5) is 26.6. The van der Waals surface area contributed by atoms with E-state index in [-0.39, 0.29) is 132 Å². The summed E-state index contributed by atoms with van der Waals surface area (Å²) < 4.78 is 157. The van der Waals surface area contributed by atoms with Gasteiger partial charge < -0.3 is 104 Å². The van der Waals surface area contributed by atoms with Crippen molar-refractivity contribution in [1.82, 2.24) is 0 Å². The van der Waals surface area contributed by atoms with Crippen molar-refractivity contribution in [1.29, 1.82) is 0 Å². The summed E-state index contributed by atoms with van der Waals surface area (Å²) in [5.74, 6) is -5.29. The Morgan fingerprint density at radius 2 is 0.451 bits per heavy atom. The smallest absolute Gasteiger partial charge is 0.330 e. The average molecular weight is 1930 g/mol. The Balaban J connectivity index is 0.737. The molecule has 0 radical (unpaired) electrons. The Morgan fingerprint density at radius 1 is 0.239 bits per heavy atom. The van der Waals surface area contributed by atoms with Crippen LogP contribution in [-0.2, 0) is 193 Å². The largest absolute Gasteiger partial charge is 0.460 e. The van der Waals surface area contributed by atoms with Gasteiger partial charge in [0.25, 0.3) is 0 Å². The molecule has 24 heteroatoms. The van der Waals surface area contributed by atoms with Crippen molar-refractivity contribution in [2.75, 3.05) is 52.9 Å². The number of ether oxygens (including phenoxy) is 22. The third-order valence-corrected chi connectivity index (χ3v) is 24.6. The monoisotopic (exact) mass is 1920 g/mol. The van der Waals surface area contributed by atoms with Gasteiger partial charge in [-0.1, -0.05) is 389 Å². The molecule has 142 heavy (non-hydrogen) atoms. The van der Waals surface area contributed by atoms with Crippen LogP contribution < -0.4 is 0 Å². The van der Waals surface area contributed by atoms with Gasteiger partial charge in [0.1, 0.15) is 112 Å². The van der Waals surface area contributed by atoms with Gasteiger partial charge in [0, 0.05) is 12.2 Å². The highest BCUT2D eigenvalue weighted by molar-refractivity contribution is 5.81. The Labute approximate surface area is 831 Å². The van der Waals surface area contributed by atoms with Crippen LogP contribution in [0.1, 0.15) is 66.8 Å². The highest BCUT2D eigenvalue weighted by atomic mass is 16.8. The van der Waals surface area contributed by atoms with Crippen LogP contribution in [-0.4, -0.2) is 174 Å². The second kappa shape index (κ2) is 55.0. The highest BCUT2D eigenvalue weighted by Crippen LogP contribution is 2.46. The summed E-state index contributed by atoms with van der Waals surface area (Å²) in [6, 6.07) is 118. The van der Waals surface area contributed by atoms with E-state index in [0.29, 0.717) is 0 Å². The second-order valence-electron chi connectivity index (χ2n) is 35.0. The first kappa shape index (κ1) is 103. The molecular formula is C118H124O24. The van der Waals surface area contributed by atoms with Crippen LogP contribution in [0.5, 0.6) is 0 Å². The number of carbonyl (C=O) groups is 2. The zero-order valence-electron chi connectivity index (χ0n) is 79.5. The zero-order chi connectivity index (χ0) is 97.3. The second-order valence-corrected chi connectivity index (χ2v) is 35.0. The molecule has 0 N–H and O–H groups in total. The average Bonchev–Trinajstić information content (AvgIpc) is 1.59. The van der Waals surface area contributed by atoms with Gasteiger partial charge in [-0.2, -0.15) is 0 Å². The first-order valence-electron chi connectivity index (χ1n) is 48.3. The lowest BCUT2D eigenvalue weighted by atomic mass is 9.97. The molecule has 24 nitrogen and oxygen atoms in total. The molecular weight excluding hydrogens is 1800 g/mol. The van der Waals surface area contributed by atoms with E-state index in [9.17, 15) is 9.59 Å². The Morgan fingerprint density at radius 3 is 0.690 bits per heavy atom. The van der Waals surface area contributed by atoms with Crippen LogP contribution in [0.25, 0.3) is 0 Å². The van der Waals surface area contributed by atoms with Gasteiger partial charge in [-0.05, 0) is 66.8 Å². The van der Waals surface area contributed by atoms with Gasteiger partial charge >= 0.3 is 11.9 Å². The minimum Gasteiger partial charge on any atom is -0.460 e. The molecule has 4 saturated heterocycles. The Bertz CT molecular complexity index is 5300. The van der Waals surface area contributed by atoms with Crippen LogP contribution in [0, 0.1) is 0 Å². The summed E-state index contributed by atoms with van der Waals surface area (Å²) >= 11 is 0. The molecule has 0 amide bonds. The fourth-order valence-corrected chi connectivity index (χ4v) is 17.5. The summed E-state index contributed by atoms with van der Waals surface area (Å²) in [7, 11) is 0. The van der Waals surface area contributed by atoms with Crippen molar-refractivity contribution >= 4 is 11.9 Å². The fourth-order valence-electron chi connectivity index (χ4n) is 17.5. The quantitative estimate of drug-likeness (QED) is 0.0149. The van der Waals surface area contributed by atoms with Gasteiger partial charge in [-0.25, -0.2) is 9.59 Å². The van der Waals surface area contributed by atoms with Crippen LogP contribution in [0.3, 0.4) is 0 Å². The SMILES string of the molecule is C=CC(=O)OC[C@H]1O[C@@](COCc2ccccc2)(O[C@H]2O[C@H](COC/C=C/COC[C@H]3O[C@H](O[C@]4(COCc5ccccc5)O[C@H](COC(=O)C=C)[C@@H](OCc5ccccc5)[C@@H]4OCc4ccccc4)[C@H](OCc4ccccc4)[C@@H](OCc4ccccc4)[C@@H]3OCc3ccccc3)[C@@H](OCc3ccccc3)[C@H](OCc3ccccc3)[C@H]2OCc2ccccc2)[C@@H](OCc2ccccc2)[C@@H]1OCc1ccccc1. The number of hydrogen-bond donors (Lipinski definition) is 0. The lowest BCUT2D eigenvalue weighted by molar-refractivity contribution is -0.398. The molecule has 0 saturated carbocycles. The lowest BCUT2D eigenvalue weighted by Gasteiger charge is -2.48. The van der Waals surface area contributed by atoms with E-state index >= 15 is 0 Å². The Hall–Kier alpha value is -12.0. The standard InChI is InChI=1S/C118H124O24/c1-3-103(119)125-83-101-107(129-73-91-51-25-9-26-52-91)113(135-79-97-63-37-15-38-64-97)117(139-101,85-123-69-87-43-17-5-18-44-87)141-115-111(133-77-95-59-33-13-34-60-95)109(131-75-93-55-29-11-30-56-93)105(127-71-89-47-21-7-22-48-89)99(137-115)81-121-67-41-42-68-122-82-100-106(128-72-90-49-23-8-24-50-90)110(132-76-94-57-31-12-32-58-94)112(134-78-96-61-35-14-36-62-96)116(138-100)142-118(86-124-70-88-45-19-6-20-46-88)114(136-80-98-65-39-16-40-66-98)108(102(140-118)84-126-104(120)4-2)130-74-92-53-27-10-28-54-92/h3-66,99-102,105-116H,1-2,67-86H2/b42-41+/t99-,100-,101-,102-,105-,106-,107-,108-,109+,110+,111-,112-,113+,114+,115-,116-,117+,118+/m1/s1. The molecule has 16 rings (SSSR count). The summed E-state index contributed by atoms with van der Waals surface area (Å²) in [5.41, 5.74) is 10.4. The van der Waals surface area contributed by atoms with E-state index in [2.05, 4.69) is 13.2 Å². The predicted molar refractivity (Wildman–Crippen MR) is 530 cm³/mol. The topological polar surface area (TPSA) is 237 Å². The molecule has 4 aliphatic rings. The van der Waals surface area contributed by atoms with Crippen molar-refractivity contribution in [3.8, 4) is 0 Å². The van der Waals surface area contributed by atoms with E-state index in [1.54, 1.807) is 0 Å². The number of carbonyl (C=O) groups excluding carboxylic acids is 2. The van der Waals surface area contributed by atoms with Crippen LogP contribution in [0.15, 0.2) is 401 Å². The third-order valence-electron chi connectivity index (χ3n) is 24.6. The maximum Gasteiger partial charge on any atom is 0.330 e. The molecule has 12 aromatic rings. The fraction of sp³-hybridized carbons (Fsp3) is 0.322. The molecule has 0 unspecified atom stereocenters. The minimum atomic E-state index is -1.97. The Kier molecular flexibility index (Phi) is 39.9. The lowest BCUT2D eigenvalue weighted by Crippen LogP contribution is -2.65. The molecule has 740 valence electrons. The predicted octanol–water partition coefficient (Wildman–Crippen LogP) is 19.0. The maximum absolute atomic E-state index is 13.3. The van der Waals surface area contributed by atoms with Crippen LogP contribution in [0.2, 0.25) is 0 Å². The van der Waals surface area contributed by atoms with Crippen molar-refractivity contribution in [3.63, 3.8) is 0 Å². The van der Waals surface area contributed by atoms with E-state index in [1.165, 1.54) is 0 Å². The molecule has 4 heterocycles. The van der Waals surface area contributed by atoms with Crippen molar-refractivity contribution in [2.24, 2.45) is 0 Å². The van der Waals surface area contributed by atoms with Crippen molar-refractivity contribution in [3.05, 3.63) is 468 Å². The molecule has 4 fully saturated rings. The van der Waals surface area contributed by atoms with Crippen molar-refractivity contribution in [2.45, 2.75) is 189 Å². The zero-order valence-corrected chi connectivity index (χ0v) is 79.5. The summed E-state index contributed by atoms with van der Waals surface area (Å²) in [5, 5.41) is 0. The molecule has 0 aliphatic carbocycles. The number of esters is 2. The van der Waals surface area contributed by atoms with Gasteiger partial charge in [-0.3, -0.25) is 0 Å². The normalized spacial score (nSPS) is 24.3. The van der Waals surface area contributed by atoms with E-state index in [0.717, 1.165) is 78.9 Å². The van der Waals surface area contributed by atoms with Crippen LogP contribution >= 0.6 is 0 Å². The van der Waals surface area contributed by atoms with Gasteiger partial charge in [0.05, 0.1) is 106 Å². The van der Waals surface area contributed by atoms with E-state index in [1.807, 2.05) is 376 Å². The maximum atomic E-state index is 13.3. The first-order chi connectivity index (χ1) is 70.1. The van der Waals surface area contributed by atoms with E-state index < -0.39 is 122 Å². The molecule has 4 aliphatic heterocycles. The summed E-state index contributed by atoms with van der Waals surface area (Å²) in [6.07, 6.45) is -11.4. The number of rotatable bonds is 56. The van der Waals surface area contributed by atoms with Gasteiger partial charge in [0.2, 0.25) is 11.6 Å².